The molecule has 3 rings (SSSR count). The van der Waals surface area contributed by atoms with E-state index in [1.807, 2.05) is 36.4 Å². The zero-order valence-corrected chi connectivity index (χ0v) is 14.3. The molecule has 0 aliphatic rings. The van der Waals surface area contributed by atoms with Crippen LogP contribution < -0.4 is 5.32 Å². The molecule has 0 atom stereocenters. The van der Waals surface area contributed by atoms with Gasteiger partial charge in [0.2, 0.25) is 5.91 Å². The summed E-state index contributed by atoms with van der Waals surface area (Å²) in [7, 11) is 0. The number of amides is 1. The van der Waals surface area contributed by atoms with Crippen LogP contribution in [0.4, 0.5) is 5.69 Å². The normalized spacial score (nSPS) is 10.8. The van der Waals surface area contributed by atoms with E-state index in [1.54, 1.807) is 12.4 Å². The van der Waals surface area contributed by atoms with Crippen LogP contribution in [-0.2, 0) is 17.6 Å². The summed E-state index contributed by atoms with van der Waals surface area (Å²) in [5, 5.41) is 5.62. The van der Waals surface area contributed by atoms with Gasteiger partial charge in [-0.15, -0.1) is 0 Å². The number of aromatic nitrogens is 1. The van der Waals surface area contributed by atoms with Gasteiger partial charge in [-0.3, -0.25) is 9.78 Å². The number of carbonyl (C=O) groups is 1. The molecule has 3 aromatic rings. The molecule has 0 saturated heterocycles. The van der Waals surface area contributed by atoms with Gasteiger partial charge >= 0.3 is 0 Å². The first-order valence-electron chi connectivity index (χ1n) is 8.06. The molecule has 0 spiro atoms. The van der Waals surface area contributed by atoms with Crippen LogP contribution in [0.1, 0.15) is 24.5 Å². The quantitative estimate of drug-likeness (QED) is 0.709. The first kappa shape index (κ1) is 16.5. The Morgan fingerprint density at radius 3 is 2.75 bits per heavy atom. The number of rotatable bonds is 5. The van der Waals surface area contributed by atoms with Gasteiger partial charge in [0.05, 0.1) is 18.3 Å². The Morgan fingerprint density at radius 1 is 1.12 bits per heavy atom. The highest BCUT2D eigenvalue weighted by atomic mass is 35.5. The summed E-state index contributed by atoms with van der Waals surface area (Å²) < 4.78 is 0. The van der Waals surface area contributed by atoms with Crippen molar-refractivity contribution in [2.45, 2.75) is 26.2 Å². The average Bonchev–Trinajstić information content (AvgIpc) is 2.55. The third kappa shape index (κ3) is 3.92. The largest absolute Gasteiger partial charge is 0.324 e. The van der Waals surface area contributed by atoms with Gasteiger partial charge in [0.15, 0.2) is 0 Å². The van der Waals surface area contributed by atoms with Crippen molar-refractivity contribution in [1.29, 1.82) is 0 Å². The van der Waals surface area contributed by atoms with Crippen LogP contribution in [0.15, 0.2) is 54.9 Å². The van der Waals surface area contributed by atoms with Crippen LogP contribution in [0.2, 0.25) is 5.02 Å². The Labute approximate surface area is 146 Å². The number of halogens is 1. The molecule has 0 fully saturated rings. The Balaban J connectivity index is 1.78. The molecule has 1 aromatic heterocycles. The highest BCUT2D eigenvalue weighted by Crippen LogP contribution is 2.22. The zero-order chi connectivity index (χ0) is 16.9. The lowest BCUT2D eigenvalue weighted by atomic mass is 10.0. The van der Waals surface area contributed by atoms with Crippen molar-refractivity contribution in [2.24, 2.45) is 0 Å². The molecule has 24 heavy (non-hydrogen) atoms. The maximum absolute atomic E-state index is 12.4. The monoisotopic (exact) mass is 338 g/mol. The van der Waals surface area contributed by atoms with Gasteiger partial charge in [0.25, 0.3) is 0 Å². The van der Waals surface area contributed by atoms with Gasteiger partial charge < -0.3 is 5.32 Å². The molecule has 0 aliphatic carbocycles. The third-order valence-electron chi connectivity index (χ3n) is 3.86. The fraction of sp³-hybridized carbons (Fsp3) is 0.200. The number of nitrogens with one attached hydrogen (secondary N) is 1. The van der Waals surface area contributed by atoms with Crippen molar-refractivity contribution in [3.8, 4) is 0 Å². The van der Waals surface area contributed by atoms with E-state index in [9.17, 15) is 4.79 Å². The number of aryl methyl sites for hydroxylation is 1. The smallest absolute Gasteiger partial charge is 0.228 e. The molecule has 1 amide bonds. The van der Waals surface area contributed by atoms with Crippen LogP contribution in [0.3, 0.4) is 0 Å². The van der Waals surface area contributed by atoms with Gasteiger partial charge in [-0.05, 0) is 29.7 Å². The molecule has 1 heterocycles. The molecule has 0 radical (unpaired) electrons. The number of hydrogen-bond acceptors (Lipinski definition) is 2. The summed E-state index contributed by atoms with van der Waals surface area (Å²) in [5.41, 5.74) is 2.82. The van der Waals surface area contributed by atoms with Crippen LogP contribution in [-0.4, -0.2) is 10.9 Å². The number of anilines is 1. The van der Waals surface area contributed by atoms with Crippen molar-refractivity contribution in [2.75, 3.05) is 5.32 Å². The number of benzene rings is 2. The third-order valence-corrected chi connectivity index (χ3v) is 4.08. The fourth-order valence-electron chi connectivity index (χ4n) is 2.85. The molecule has 0 saturated carbocycles. The average molecular weight is 339 g/mol. The van der Waals surface area contributed by atoms with Gasteiger partial charge in [-0.25, -0.2) is 0 Å². The van der Waals surface area contributed by atoms with Crippen LogP contribution in [0.25, 0.3) is 10.8 Å². The zero-order valence-electron chi connectivity index (χ0n) is 13.6. The van der Waals surface area contributed by atoms with Crippen molar-refractivity contribution in [3.63, 3.8) is 0 Å². The second-order valence-corrected chi connectivity index (χ2v) is 6.29. The highest BCUT2D eigenvalue weighted by Gasteiger charge is 2.09. The van der Waals surface area contributed by atoms with Gasteiger partial charge in [-0.2, -0.15) is 0 Å². The first-order chi connectivity index (χ1) is 11.7. The van der Waals surface area contributed by atoms with Crippen molar-refractivity contribution < 1.29 is 4.79 Å². The number of fused-ring (bicyclic) bond motifs is 1. The summed E-state index contributed by atoms with van der Waals surface area (Å²) in [5.74, 6) is -0.0714. The minimum atomic E-state index is -0.0714. The lowest BCUT2D eigenvalue weighted by Gasteiger charge is -2.09. The Kier molecular flexibility index (Phi) is 5.11. The second-order valence-electron chi connectivity index (χ2n) is 5.85. The van der Waals surface area contributed by atoms with Crippen LogP contribution >= 0.6 is 11.6 Å². The number of nitrogens with zero attached hydrogens (tertiary/aromatic N) is 1. The summed E-state index contributed by atoms with van der Waals surface area (Å²) in [4.78, 5) is 16.6. The molecular formula is C20H19ClN2O. The lowest BCUT2D eigenvalue weighted by Crippen LogP contribution is -2.15. The minimum absolute atomic E-state index is 0.0714. The molecule has 3 nitrogen and oxygen atoms in total. The van der Waals surface area contributed by atoms with E-state index in [0.717, 1.165) is 34.9 Å². The number of hydrogen-bond donors (Lipinski definition) is 1. The minimum Gasteiger partial charge on any atom is -0.324 e. The Hall–Kier alpha value is -2.39. The van der Waals surface area contributed by atoms with E-state index in [1.165, 1.54) is 5.56 Å². The topological polar surface area (TPSA) is 42.0 Å². The van der Waals surface area contributed by atoms with Crippen LogP contribution in [0, 0.1) is 0 Å². The molecule has 122 valence electrons. The SMILES string of the molecule is CCCc1cc(Cl)cc(CC(=O)Nc2cncc3ccccc23)c1. The predicted molar refractivity (Wildman–Crippen MR) is 99.5 cm³/mol. The summed E-state index contributed by atoms with van der Waals surface area (Å²) in [6.45, 7) is 2.13. The summed E-state index contributed by atoms with van der Waals surface area (Å²) >= 11 is 6.17. The van der Waals surface area contributed by atoms with E-state index in [2.05, 4.69) is 23.3 Å². The maximum Gasteiger partial charge on any atom is 0.228 e. The standard InChI is InChI=1S/C20H19ClN2O/c1-2-5-14-8-15(10-17(21)9-14)11-20(24)23-19-13-22-12-16-6-3-4-7-18(16)19/h3-4,6-10,12-13H,2,5,11H2,1H3,(H,23,24). The maximum atomic E-state index is 12.4. The van der Waals surface area contributed by atoms with Gasteiger partial charge in [-0.1, -0.05) is 55.3 Å². The second kappa shape index (κ2) is 7.45. The first-order valence-corrected chi connectivity index (χ1v) is 8.44. The van der Waals surface area contributed by atoms with Gasteiger partial charge in [0.1, 0.15) is 0 Å². The van der Waals surface area contributed by atoms with E-state index in [-0.39, 0.29) is 5.91 Å². The lowest BCUT2D eigenvalue weighted by molar-refractivity contribution is -0.115. The fourth-order valence-corrected chi connectivity index (χ4v) is 3.13. The molecular weight excluding hydrogens is 320 g/mol. The van der Waals surface area contributed by atoms with E-state index < -0.39 is 0 Å². The van der Waals surface area contributed by atoms with E-state index >= 15 is 0 Å². The summed E-state index contributed by atoms with van der Waals surface area (Å²) in [6, 6.07) is 13.7. The van der Waals surface area contributed by atoms with Gasteiger partial charge in [0, 0.05) is 22.0 Å². The summed E-state index contributed by atoms with van der Waals surface area (Å²) in [6.07, 6.45) is 5.77. The Morgan fingerprint density at radius 2 is 1.92 bits per heavy atom. The van der Waals surface area contributed by atoms with Crippen molar-refractivity contribution in [3.05, 3.63) is 71.0 Å². The molecule has 4 heteroatoms. The molecule has 2 aromatic carbocycles. The molecule has 1 N–H and O–H groups in total. The number of pyridine rings is 1. The predicted octanol–water partition coefficient (Wildman–Crippen LogP) is 5.02. The van der Waals surface area contributed by atoms with E-state index in [0.29, 0.717) is 11.4 Å². The van der Waals surface area contributed by atoms with Crippen LogP contribution in [0.5, 0.6) is 0 Å². The molecule has 0 aliphatic heterocycles. The Bertz CT molecular complexity index is 871. The molecule has 0 unspecified atom stereocenters. The molecule has 0 bridgehead atoms. The van der Waals surface area contributed by atoms with Crippen molar-refractivity contribution in [1.82, 2.24) is 4.98 Å². The highest BCUT2D eigenvalue weighted by molar-refractivity contribution is 6.30. The van der Waals surface area contributed by atoms with E-state index in [4.69, 9.17) is 11.6 Å². The number of carbonyl (C=O) groups excluding carboxylic acids is 1. The van der Waals surface area contributed by atoms with Crippen molar-refractivity contribution >= 4 is 34.0 Å².